The number of thioether (sulfide) groups is 1. The van der Waals surface area contributed by atoms with E-state index < -0.39 is 12.0 Å². The van der Waals surface area contributed by atoms with Crippen LogP contribution in [0.25, 0.3) is 0 Å². The molecule has 0 saturated carbocycles. The van der Waals surface area contributed by atoms with Gasteiger partial charge in [0.25, 0.3) is 0 Å². The third-order valence-electron chi connectivity index (χ3n) is 3.00. The maximum Gasteiger partial charge on any atom is 0.335 e. The summed E-state index contributed by atoms with van der Waals surface area (Å²) in [5, 5.41) is 13.2. The molecular weight excluding hydrogens is 260 g/mol. The van der Waals surface area contributed by atoms with Gasteiger partial charge in [-0.3, -0.25) is 0 Å². The first-order valence-corrected chi connectivity index (χ1v) is 7.15. The second-order valence-electron chi connectivity index (χ2n) is 4.42. The number of aliphatic carboxylic acids is 1. The highest BCUT2D eigenvalue weighted by atomic mass is 32.2. The molecule has 5 heteroatoms. The quantitative estimate of drug-likeness (QED) is 0.872. The lowest BCUT2D eigenvalue weighted by atomic mass is 9.95. The fraction of sp³-hybridized carbons (Fsp3) is 0.286. The monoisotopic (exact) mass is 276 g/mol. The highest BCUT2D eigenvalue weighted by Gasteiger charge is 2.28. The van der Waals surface area contributed by atoms with Crippen LogP contribution in [0.4, 0.5) is 0 Å². The van der Waals surface area contributed by atoms with Crippen molar-refractivity contribution in [3.63, 3.8) is 0 Å². The summed E-state index contributed by atoms with van der Waals surface area (Å²) >= 11 is 1.48. The predicted octanol–water partition coefficient (Wildman–Crippen LogP) is 2.72. The SMILES string of the molecule is CSC1=NC(c2cccc(C)c2)C(C(=O)O)=C(C)N1. The van der Waals surface area contributed by atoms with Gasteiger partial charge in [-0.05, 0) is 25.7 Å². The van der Waals surface area contributed by atoms with E-state index in [1.54, 1.807) is 6.92 Å². The zero-order valence-electron chi connectivity index (χ0n) is 11.1. The highest BCUT2D eigenvalue weighted by molar-refractivity contribution is 8.13. The van der Waals surface area contributed by atoms with E-state index in [9.17, 15) is 9.90 Å². The second-order valence-corrected chi connectivity index (χ2v) is 5.22. The number of carboxylic acid groups (broad SMARTS) is 1. The second kappa shape index (κ2) is 5.48. The molecule has 19 heavy (non-hydrogen) atoms. The first-order valence-electron chi connectivity index (χ1n) is 5.92. The van der Waals surface area contributed by atoms with Crippen LogP contribution >= 0.6 is 11.8 Å². The van der Waals surface area contributed by atoms with Gasteiger partial charge < -0.3 is 10.4 Å². The summed E-state index contributed by atoms with van der Waals surface area (Å²) in [7, 11) is 0. The first-order chi connectivity index (χ1) is 9.02. The Balaban J connectivity index is 2.51. The number of hydrogen-bond acceptors (Lipinski definition) is 4. The molecule has 4 nitrogen and oxygen atoms in total. The van der Waals surface area contributed by atoms with Gasteiger partial charge in [-0.25, -0.2) is 9.79 Å². The van der Waals surface area contributed by atoms with Gasteiger partial charge in [0.15, 0.2) is 5.17 Å². The van der Waals surface area contributed by atoms with Crippen LogP contribution in [0.15, 0.2) is 40.5 Å². The number of carbonyl (C=O) groups is 1. The van der Waals surface area contributed by atoms with Crippen LogP contribution in [0.3, 0.4) is 0 Å². The van der Waals surface area contributed by atoms with Crippen molar-refractivity contribution in [1.82, 2.24) is 5.32 Å². The molecular formula is C14H16N2O2S. The van der Waals surface area contributed by atoms with Gasteiger partial charge in [0.05, 0.1) is 5.57 Å². The number of aryl methyl sites for hydroxylation is 1. The molecule has 1 aromatic rings. The van der Waals surface area contributed by atoms with Crippen LogP contribution in [0.1, 0.15) is 24.1 Å². The van der Waals surface area contributed by atoms with Crippen molar-refractivity contribution in [3.05, 3.63) is 46.7 Å². The Kier molecular flexibility index (Phi) is 3.95. The minimum Gasteiger partial charge on any atom is -0.478 e. The summed E-state index contributed by atoms with van der Waals surface area (Å²) in [6, 6.07) is 7.37. The molecule has 0 spiro atoms. The molecule has 100 valence electrons. The highest BCUT2D eigenvalue weighted by Crippen LogP contribution is 2.32. The molecule has 0 aliphatic carbocycles. The van der Waals surface area contributed by atoms with Crippen molar-refractivity contribution in [2.75, 3.05) is 6.26 Å². The Morgan fingerprint density at radius 3 is 2.74 bits per heavy atom. The Bertz CT molecular complexity index is 579. The van der Waals surface area contributed by atoms with Crippen molar-refractivity contribution in [2.24, 2.45) is 4.99 Å². The maximum atomic E-state index is 11.5. The molecule has 0 radical (unpaired) electrons. The zero-order valence-corrected chi connectivity index (χ0v) is 11.9. The molecule has 2 N–H and O–H groups in total. The standard InChI is InChI=1S/C14H16N2O2S/c1-8-5-4-6-10(7-8)12-11(13(17)18)9(2)15-14(16-12)19-3/h4-7,12H,1-3H3,(H,15,16)(H,17,18). The summed E-state index contributed by atoms with van der Waals surface area (Å²) in [5.74, 6) is -0.930. The van der Waals surface area contributed by atoms with Gasteiger partial charge in [-0.15, -0.1) is 0 Å². The summed E-state index contributed by atoms with van der Waals surface area (Å²) in [5.41, 5.74) is 2.96. The minimum absolute atomic E-state index is 0.309. The lowest BCUT2D eigenvalue weighted by Crippen LogP contribution is -2.29. The molecule has 0 amide bonds. The number of amidine groups is 1. The molecule has 0 saturated heterocycles. The number of nitrogens with one attached hydrogen (secondary N) is 1. The maximum absolute atomic E-state index is 11.5. The molecule has 1 heterocycles. The molecule has 2 rings (SSSR count). The van der Waals surface area contributed by atoms with E-state index in [-0.39, 0.29) is 0 Å². The lowest BCUT2D eigenvalue weighted by Gasteiger charge is -2.24. The van der Waals surface area contributed by atoms with E-state index >= 15 is 0 Å². The van der Waals surface area contributed by atoms with E-state index in [2.05, 4.69) is 10.3 Å². The van der Waals surface area contributed by atoms with Crippen LogP contribution < -0.4 is 5.32 Å². The summed E-state index contributed by atoms with van der Waals surface area (Å²) in [4.78, 5) is 15.9. The van der Waals surface area contributed by atoms with E-state index in [1.165, 1.54) is 11.8 Å². The van der Waals surface area contributed by atoms with Gasteiger partial charge in [0.1, 0.15) is 6.04 Å². The van der Waals surface area contributed by atoms with E-state index in [0.29, 0.717) is 11.3 Å². The van der Waals surface area contributed by atoms with Crippen LogP contribution in [0.2, 0.25) is 0 Å². The third kappa shape index (κ3) is 2.81. The minimum atomic E-state index is -0.930. The number of allylic oxidation sites excluding steroid dienone is 1. The van der Waals surface area contributed by atoms with Gasteiger partial charge in [0, 0.05) is 5.70 Å². The first kappa shape index (κ1) is 13.7. The molecule has 1 aliphatic rings. The van der Waals surface area contributed by atoms with Crippen molar-refractivity contribution in [1.29, 1.82) is 0 Å². The van der Waals surface area contributed by atoms with E-state index in [4.69, 9.17) is 0 Å². The molecule has 0 aromatic heterocycles. The van der Waals surface area contributed by atoms with Crippen molar-refractivity contribution in [2.45, 2.75) is 19.9 Å². The largest absolute Gasteiger partial charge is 0.478 e. The number of benzene rings is 1. The number of nitrogens with zero attached hydrogens (tertiary/aromatic N) is 1. The van der Waals surface area contributed by atoms with Crippen molar-refractivity contribution >= 4 is 22.9 Å². The predicted molar refractivity (Wildman–Crippen MR) is 78.3 cm³/mol. The Morgan fingerprint density at radius 2 is 2.16 bits per heavy atom. The molecule has 0 bridgehead atoms. The summed E-state index contributed by atoms with van der Waals surface area (Å²) in [6.45, 7) is 3.76. The zero-order chi connectivity index (χ0) is 14.0. The Hall–Kier alpha value is -1.75. The van der Waals surface area contributed by atoms with Crippen LogP contribution in [0, 0.1) is 6.92 Å². The van der Waals surface area contributed by atoms with E-state index in [1.807, 2.05) is 37.4 Å². The van der Waals surface area contributed by atoms with Crippen LogP contribution in [0.5, 0.6) is 0 Å². The number of carboxylic acids is 1. The number of rotatable bonds is 2. The molecule has 1 atom stereocenters. The van der Waals surface area contributed by atoms with Crippen molar-refractivity contribution < 1.29 is 9.90 Å². The molecule has 1 unspecified atom stereocenters. The fourth-order valence-electron chi connectivity index (χ4n) is 2.11. The van der Waals surface area contributed by atoms with Crippen LogP contribution in [-0.4, -0.2) is 22.5 Å². The normalized spacial score (nSPS) is 18.9. The average Bonchev–Trinajstić information content (AvgIpc) is 2.37. The van der Waals surface area contributed by atoms with Gasteiger partial charge >= 0.3 is 5.97 Å². The van der Waals surface area contributed by atoms with Gasteiger partial charge in [-0.1, -0.05) is 41.6 Å². The van der Waals surface area contributed by atoms with Crippen molar-refractivity contribution in [3.8, 4) is 0 Å². The lowest BCUT2D eigenvalue weighted by molar-refractivity contribution is -0.133. The molecule has 1 aliphatic heterocycles. The van der Waals surface area contributed by atoms with Gasteiger partial charge in [-0.2, -0.15) is 0 Å². The fourth-order valence-corrected chi connectivity index (χ4v) is 2.58. The smallest absolute Gasteiger partial charge is 0.335 e. The molecule has 0 fully saturated rings. The topological polar surface area (TPSA) is 61.7 Å². The summed E-state index contributed by atoms with van der Waals surface area (Å²) < 4.78 is 0. The molecule has 1 aromatic carbocycles. The third-order valence-corrected chi connectivity index (χ3v) is 3.59. The van der Waals surface area contributed by atoms with Crippen LogP contribution in [-0.2, 0) is 4.79 Å². The number of aliphatic imine (C=N–C) groups is 1. The average molecular weight is 276 g/mol. The van der Waals surface area contributed by atoms with E-state index in [0.717, 1.165) is 16.3 Å². The van der Waals surface area contributed by atoms with Gasteiger partial charge in [0.2, 0.25) is 0 Å². The summed E-state index contributed by atoms with van der Waals surface area (Å²) in [6.07, 6.45) is 1.91. The number of hydrogen-bond donors (Lipinski definition) is 2. The Labute approximate surface area is 116 Å². The Morgan fingerprint density at radius 1 is 1.42 bits per heavy atom.